The van der Waals surface area contributed by atoms with Gasteiger partial charge in [0.2, 0.25) is 0 Å². The number of hydrogen-bond donors (Lipinski definition) is 1. The summed E-state index contributed by atoms with van der Waals surface area (Å²) in [6.07, 6.45) is 1.75. The van der Waals surface area contributed by atoms with Crippen LogP contribution in [0.25, 0.3) is 11.4 Å². The monoisotopic (exact) mass is 259 g/mol. The number of benzene rings is 1. The van der Waals surface area contributed by atoms with Crippen molar-refractivity contribution < 1.29 is 9.84 Å². The van der Waals surface area contributed by atoms with Crippen molar-refractivity contribution in [1.29, 1.82) is 0 Å². The third-order valence-electron chi connectivity index (χ3n) is 3.57. The molecule has 1 aliphatic rings. The van der Waals surface area contributed by atoms with Crippen molar-refractivity contribution in [2.24, 2.45) is 5.92 Å². The summed E-state index contributed by atoms with van der Waals surface area (Å²) in [6, 6.07) is 7.75. The molecule has 0 spiro atoms. The first-order chi connectivity index (χ1) is 9.31. The Morgan fingerprint density at radius 1 is 1.42 bits per heavy atom. The number of aromatic nitrogens is 3. The zero-order chi connectivity index (χ0) is 13.2. The Labute approximate surface area is 111 Å². The molecule has 1 aromatic heterocycles. The summed E-state index contributed by atoms with van der Waals surface area (Å²) in [6.45, 7) is 1.04. The van der Waals surface area contributed by atoms with E-state index < -0.39 is 0 Å². The molecule has 5 nitrogen and oxygen atoms in total. The number of fused-ring (bicyclic) bond motifs is 1. The molecule has 0 saturated heterocycles. The van der Waals surface area contributed by atoms with Crippen LogP contribution in [0, 0.1) is 5.92 Å². The van der Waals surface area contributed by atoms with Gasteiger partial charge in [-0.15, -0.1) is 0 Å². The van der Waals surface area contributed by atoms with Crippen LogP contribution in [0.4, 0.5) is 0 Å². The topological polar surface area (TPSA) is 60.2 Å². The second-order valence-corrected chi connectivity index (χ2v) is 4.82. The molecular weight excluding hydrogens is 242 g/mol. The molecule has 2 aromatic rings. The average Bonchev–Trinajstić information content (AvgIpc) is 2.89. The van der Waals surface area contributed by atoms with E-state index in [1.54, 1.807) is 7.11 Å². The highest BCUT2D eigenvalue weighted by molar-refractivity contribution is 5.63. The van der Waals surface area contributed by atoms with Gasteiger partial charge in [0, 0.05) is 19.6 Å². The van der Waals surface area contributed by atoms with Crippen molar-refractivity contribution in [3.8, 4) is 17.1 Å². The molecule has 1 unspecified atom stereocenters. The van der Waals surface area contributed by atoms with Gasteiger partial charge in [0.05, 0.1) is 12.7 Å². The number of para-hydroxylation sites is 1. The Hall–Kier alpha value is -1.88. The van der Waals surface area contributed by atoms with Crippen LogP contribution in [0.3, 0.4) is 0 Å². The zero-order valence-corrected chi connectivity index (χ0v) is 10.9. The Morgan fingerprint density at radius 2 is 2.26 bits per heavy atom. The van der Waals surface area contributed by atoms with Crippen LogP contribution in [0.15, 0.2) is 24.3 Å². The Balaban J connectivity index is 1.97. The lowest BCUT2D eigenvalue weighted by Crippen LogP contribution is -2.22. The molecular formula is C14H17N3O2. The summed E-state index contributed by atoms with van der Waals surface area (Å²) >= 11 is 0. The van der Waals surface area contributed by atoms with Gasteiger partial charge in [-0.1, -0.05) is 12.1 Å². The van der Waals surface area contributed by atoms with E-state index in [9.17, 15) is 5.11 Å². The van der Waals surface area contributed by atoms with Gasteiger partial charge in [-0.25, -0.2) is 9.67 Å². The normalized spacial score (nSPS) is 18.1. The van der Waals surface area contributed by atoms with Crippen molar-refractivity contribution in [3.63, 3.8) is 0 Å². The standard InChI is InChI=1S/C14H17N3O2/c1-19-12-5-3-2-4-11(12)14-15-13-8-10(9-18)6-7-17(13)16-14/h2-5,10,18H,6-9H2,1H3. The summed E-state index contributed by atoms with van der Waals surface area (Å²) in [5, 5.41) is 13.8. The van der Waals surface area contributed by atoms with E-state index in [1.165, 1.54) is 0 Å². The number of methoxy groups -OCH3 is 1. The first-order valence-corrected chi connectivity index (χ1v) is 6.49. The van der Waals surface area contributed by atoms with E-state index in [1.807, 2.05) is 28.9 Å². The van der Waals surface area contributed by atoms with Crippen LogP contribution >= 0.6 is 0 Å². The number of rotatable bonds is 3. The quantitative estimate of drug-likeness (QED) is 0.907. The summed E-state index contributed by atoms with van der Waals surface area (Å²) in [7, 11) is 1.65. The van der Waals surface area contributed by atoms with Gasteiger partial charge >= 0.3 is 0 Å². The predicted molar refractivity (Wildman–Crippen MR) is 70.9 cm³/mol. The average molecular weight is 259 g/mol. The van der Waals surface area contributed by atoms with Crippen LogP contribution in [-0.2, 0) is 13.0 Å². The third kappa shape index (κ3) is 2.21. The Morgan fingerprint density at radius 3 is 3.05 bits per heavy atom. The molecule has 0 bridgehead atoms. The maximum Gasteiger partial charge on any atom is 0.185 e. The SMILES string of the molecule is COc1ccccc1-c1nc2n(n1)CCC(CO)C2. The van der Waals surface area contributed by atoms with E-state index in [0.717, 1.165) is 36.5 Å². The van der Waals surface area contributed by atoms with E-state index in [0.29, 0.717) is 11.7 Å². The van der Waals surface area contributed by atoms with Crippen LogP contribution in [0.2, 0.25) is 0 Å². The van der Waals surface area contributed by atoms with Gasteiger partial charge in [-0.05, 0) is 24.5 Å². The predicted octanol–water partition coefficient (Wildman–Crippen LogP) is 1.51. The van der Waals surface area contributed by atoms with E-state index >= 15 is 0 Å². The molecule has 1 atom stereocenters. The van der Waals surface area contributed by atoms with Gasteiger partial charge in [0.15, 0.2) is 5.82 Å². The van der Waals surface area contributed by atoms with Crippen LogP contribution < -0.4 is 4.74 Å². The van der Waals surface area contributed by atoms with Crippen molar-refractivity contribution in [2.75, 3.05) is 13.7 Å². The molecule has 2 heterocycles. The molecule has 1 N–H and O–H groups in total. The van der Waals surface area contributed by atoms with Gasteiger partial charge < -0.3 is 9.84 Å². The second-order valence-electron chi connectivity index (χ2n) is 4.82. The number of ether oxygens (including phenoxy) is 1. The highest BCUT2D eigenvalue weighted by Crippen LogP contribution is 2.28. The summed E-state index contributed by atoms with van der Waals surface area (Å²) in [5.41, 5.74) is 0.910. The third-order valence-corrected chi connectivity index (χ3v) is 3.57. The minimum Gasteiger partial charge on any atom is -0.496 e. The fourth-order valence-electron chi connectivity index (χ4n) is 2.47. The molecule has 100 valence electrons. The number of hydrogen-bond acceptors (Lipinski definition) is 4. The number of aliphatic hydroxyl groups excluding tert-OH is 1. The van der Waals surface area contributed by atoms with Gasteiger partial charge in [-0.2, -0.15) is 5.10 Å². The van der Waals surface area contributed by atoms with Crippen LogP contribution in [0.5, 0.6) is 5.75 Å². The molecule has 3 rings (SSSR count). The van der Waals surface area contributed by atoms with Crippen LogP contribution in [0.1, 0.15) is 12.2 Å². The molecule has 0 radical (unpaired) electrons. The second kappa shape index (κ2) is 5.01. The maximum absolute atomic E-state index is 9.25. The molecule has 0 aliphatic carbocycles. The van der Waals surface area contributed by atoms with E-state index in [2.05, 4.69) is 10.1 Å². The van der Waals surface area contributed by atoms with E-state index in [-0.39, 0.29) is 6.61 Å². The Bertz CT molecular complexity index is 580. The highest BCUT2D eigenvalue weighted by atomic mass is 16.5. The highest BCUT2D eigenvalue weighted by Gasteiger charge is 2.22. The number of aliphatic hydroxyl groups is 1. The summed E-state index contributed by atoms with van der Waals surface area (Å²) in [4.78, 5) is 4.59. The fourth-order valence-corrected chi connectivity index (χ4v) is 2.47. The van der Waals surface area contributed by atoms with Gasteiger partial charge in [0.25, 0.3) is 0 Å². The lowest BCUT2D eigenvalue weighted by atomic mass is 9.99. The molecule has 19 heavy (non-hydrogen) atoms. The van der Waals surface area contributed by atoms with Crippen molar-refractivity contribution in [2.45, 2.75) is 19.4 Å². The number of aryl methyl sites for hydroxylation is 1. The smallest absolute Gasteiger partial charge is 0.185 e. The van der Waals surface area contributed by atoms with Crippen LogP contribution in [-0.4, -0.2) is 33.6 Å². The summed E-state index contributed by atoms with van der Waals surface area (Å²) in [5.74, 6) is 2.74. The molecule has 1 aliphatic heterocycles. The minimum atomic E-state index is 0.219. The molecule has 5 heteroatoms. The largest absolute Gasteiger partial charge is 0.496 e. The van der Waals surface area contributed by atoms with Crippen molar-refractivity contribution in [3.05, 3.63) is 30.1 Å². The lowest BCUT2D eigenvalue weighted by molar-refractivity contribution is 0.196. The molecule has 1 aromatic carbocycles. The summed E-state index contributed by atoms with van der Waals surface area (Å²) < 4.78 is 7.28. The first-order valence-electron chi connectivity index (χ1n) is 6.49. The lowest BCUT2D eigenvalue weighted by Gasteiger charge is -2.19. The fraction of sp³-hybridized carbons (Fsp3) is 0.429. The molecule has 0 fully saturated rings. The maximum atomic E-state index is 9.25. The molecule has 0 saturated carbocycles. The minimum absolute atomic E-state index is 0.219. The van der Waals surface area contributed by atoms with Crippen molar-refractivity contribution >= 4 is 0 Å². The Kier molecular flexibility index (Phi) is 3.21. The van der Waals surface area contributed by atoms with E-state index in [4.69, 9.17) is 4.74 Å². The number of nitrogens with zero attached hydrogens (tertiary/aromatic N) is 3. The van der Waals surface area contributed by atoms with Gasteiger partial charge in [0.1, 0.15) is 11.6 Å². The first kappa shape index (κ1) is 12.2. The van der Waals surface area contributed by atoms with Gasteiger partial charge in [-0.3, -0.25) is 0 Å². The van der Waals surface area contributed by atoms with Crippen molar-refractivity contribution in [1.82, 2.24) is 14.8 Å². The molecule has 0 amide bonds. The zero-order valence-electron chi connectivity index (χ0n) is 10.9.